The van der Waals surface area contributed by atoms with Crippen LogP contribution in [0.2, 0.25) is 5.02 Å². The Kier molecular flexibility index (Phi) is 4.83. The van der Waals surface area contributed by atoms with Crippen LogP contribution in [0.15, 0.2) is 46.4 Å². The van der Waals surface area contributed by atoms with Gasteiger partial charge in [0.1, 0.15) is 5.82 Å². The summed E-state index contributed by atoms with van der Waals surface area (Å²) >= 11 is 5.83. The summed E-state index contributed by atoms with van der Waals surface area (Å²) in [6.45, 7) is 3.48. The van der Waals surface area contributed by atoms with Gasteiger partial charge in [0.2, 0.25) is 0 Å². The van der Waals surface area contributed by atoms with Crippen molar-refractivity contribution in [3.63, 3.8) is 0 Å². The standard InChI is InChI=1S/C15H14ClFN2O2S/c1-10-6-7-11(2)15(8-10)22(20,21)19-18-9-12-13(16)4-3-5-14(12)17/h3-9,19H,1-2H3. The minimum atomic E-state index is -3.82. The molecule has 0 aromatic heterocycles. The lowest BCUT2D eigenvalue weighted by Gasteiger charge is -2.07. The monoisotopic (exact) mass is 340 g/mol. The Labute approximate surface area is 133 Å². The van der Waals surface area contributed by atoms with Gasteiger partial charge in [0.25, 0.3) is 10.0 Å². The molecular weight excluding hydrogens is 327 g/mol. The van der Waals surface area contributed by atoms with Crippen LogP contribution in [0.3, 0.4) is 0 Å². The molecule has 0 aliphatic heterocycles. The minimum Gasteiger partial charge on any atom is -0.206 e. The third-order valence-corrected chi connectivity index (χ3v) is 4.69. The Hall–Kier alpha value is -1.92. The Morgan fingerprint density at radius 3 is 2.64 bits per heavy atom. The van der Waals surface area contributed by atoms with Gasteiger partial charge in [-0.2, -0.15) is 13.5 Å². The molecule has 2 rings (SSSR count). The summed E-state index contributed by atoms with van der Waals surface area (Å²) in [5.41, 5.74) is 1.43. The normalized spacial score (nSPS) is 11.8. The number of hydrogen-bond acceptors (Lipinski definition) is 3. The Balaban J connectivity index is 2.27. The Morgan fingerprint density at radius 1 is 1.23 bits per heavy atom. The minimum absolute atomic E-state index is 0.0211. The predicted octanol–water partition coefficient (Wildman–Crippen LogP) is 3.41. The number of hydrogen-bond donors (Lipinski definition) is 1. The molecule has 0 heterocycles. The zero-order valence-corrected chi connectivity index (χ0v) is 13.5. The SMILES string of the molecule is Cc1ccc(C)c(S(=O)(=O)NN=Cc2c(F)cccc2Cl)c1. The van der Waals surface area contributed by atoms with Gasteiger partial charge in [-0.1, -0.05) is 29.8 Å². The number of halogens is 2. The number of benzene rings is 2. The van der Waals surface area contributed by atoms with E-state index in [2.05, 4.69) is 9.93 Å². The third-order valence-electron chi connectivity index (χ3n) is 3.00. The van der Waals surface area contributed by atoms with Crippen molar-refractivity contribution in [1.82, 2.24) is 4.83 Å². The van der Waals surface area contributed by atoms with Crippen molar-refractivity contribution in [2.45, 2.75) is 18.7 Å². The summed E-state index contributed by atoms with van der Waals surface area (Å²) < 4.78 is 38.0. The molecule has 116 valence electrons. The Morgan fingerprint density at radius 2 is 1.95 bits per heavy atom. The summed E-state index contributed by atoms with van der Waals surface area (Å²) in [5, 5.41) is 3.74. The second-order valence-corrected chi connectivity index (χ2v) is 6.79. The van der Waals surface area contributed by atoms with Gasteiger partial charge in [0.15, 0.2) is 0 Å². The fourth-order valence-electron chi connectivity index (χ4n) is 1.84. The lowest BCUT2D eigenvalue weighted by atomic mass is 10.2. The molecule has 0 saturated heterocycles. The molecule has 0 spiro atoms. The van der Waals surface area contributed by atoms with Crippen LogP contribution in [0, 0.1) is 19.7 Å². The molecule has 2 aromatic carbocycles. The first-order chi connectivity index (χ1) is 10.3. The number of hydrazone groups is 1. The summed E-state index contributed by atoms with van der Waals surface area (Å²) in [7, 11) is -3.82. The second-order valence-electron chi connectivity index (χ2n) is 4.76. The molecule has 0 saturated carbocycles. The van der Waals surface area contributed by atoms with Gasteiger partial charge in [0, 0.05) is 5.56 Å². The lowest BCUT2D eigenvalue weighted by molar-refractivity contribution is 0.583. The second kappa shape index (κ2) is 6.46. The fourth-order valence-corrected chi connectivity index (χ4v) is 3.17. The molecule has 0 unspecified atom stereocenters. The lowest BCUT2D eigenvalue weighted by Crippen LogP contribution is -2.19. The van der Waals surface area contributed by atoms with E-state index >= 15 is 0 Å². The van der Waals surface area contributed by atoms with Gasteiger partial charge >= 0.3 is 0 Å². The molecule has 0 radical (unpaired) electrons. The van der Waals surface area contributed by atoms with Crippen LogP contribution in [-0.2, 0) is 10.0 Å². The topological polar surface area (TPSA) is 58.5 Å². The van der Waals surface area contributed by atoms with Crippen molar-refractivity contribution in [2.24, 2.45) is 5.10 Å². The number of rotatable bonds is 4. The maximum absolute atomic E-state index is 13.6. The highest BCUT2D eigenvalue weighted by atomic mass is 35.5. The van der Waals surface area contributed by atoms with E-state index in [1.54, 1.807) is 26.0 Å². The molecular formula is C15H14ClFN2O2S. The van der Waals surface area contributed by atoms with Crippen LogP contribution in [0.5, 0.6) is 0 Å². The molecule has 0 fully saturated rings. The number of sulfonamides is 1. The van der Waals surface area contributed by atoms with E-state index in [1.165, 1.54) is 18.2 Å². The molecule has 2 aromatic rings. The van der Waals surface area contributed by atoms with Crippen LogP contribution < -0.4 is 4.83 Å². The van der Waals surface area contributed by atoms with E-state index in [-0.39, 0.29) is 15.5 Å². The third kappa shape index (κ3) is 3.64. The highest BCUT2D eigenvalue weighted by Crippen LogP contribution is 2.18. The van der Waals surface area contributed by atoms with E-state index in [4.69, 9.17) is 11.6 Å². The molecule has 4 nitrogen and oxygen atoms in total. The fraction of sp³-hybridized carbons (Fsp3) is 0.133. The maximum atomic E-state index is 13.6. The highest BCUT2D eigenvalue weighted by Gasteiger charge is 2.16. The molecule has 0 atom stereocenters. The van der Waals surface area contributed by atoms with Crippen molar-refractivity contribution in [3.8, 4) is 0 Å². The van der Waals surface area contributed by atoms with Crippen LogP contribution in [0.1, 0.15) is 16.7 Å². The van der Waals surface area contributed by atoms with Crippen molar-refractivity contribution >= 4 is 27.8 Å². The van der Waals surface area contributed by atoms with Gasteiger partial charge in [-0.3, -0.25) is 0 Å². The van der Waals surface area contributed by atoms with Crippen molar-refractivity contribution in [2.75, 3.05) is 0 Å². The van der Waals surface area contributed by atoms with E-state index in [9.17, 15) is 12.8 Å². The molecule has 0 amide bonds. The molecule has 7 heteroatoms. The van der Waals surface area contributed by atoms with Crippen LogP contribution in [-0.4, -0.2) is 14.6 Å². The number of nitrogens with one attached hydrogen (secondary N) is 1. The largest absolute Gasteiger partial charge is 0.276 e. The molecule has 0 aliphatic carbocycles. The number of aryl methyl sites for hydroxylation is 2. The maximum Gasteiger partial charge on any atom is 0.276 e. The van der Waals surface area contributed by atoms with Crippen LogP contribution in [0.4, 0.5) is 4.39 Å². The van der Waals surface area contributed by atoms with Crippen molar-refractivity contribution in [1.29, 1.82) is 0 Å². The Bertz CT molecular complexity index is 815. The van der Waals surface area contributed by atoms with Gasteiger partial charge in [-0.25, -0.2) is 9.22 Å². The van der Waals surface area contributed by atoms with Gasteiger partial charge in [0.05, 0.1) is 16.1 Å². The molecule has 0 aliphatic rings. The first-order valence-corrected chi connectivity index (χ1v) is 8.23. The van der Waals surface area contributed by atoms with Crippen LogP contribution >= 0.6 is 11.6 Å². The van der Waals surface area contributed by atoms with Gasteiger partial charge < -0.3 is 0 Å². The van der Waals surface area contributed by atoms with E-state index in [0.29, 0.717) is 5.56 Å². The average Bonchev–Trinajstić information content (AvgIpc) is 2.44. The zero-order chi connectivity index (χ0) is 16.3. The van der Waals surface area contributed by atoms with E-state index in [0.717, 1.165) is 11.8 Å². The first-order valence-electron chi connectivity index (χ1n) is 6.37. The van der Waals surface area contributed by atoms with Gasteiger partial charge in [-0.05, 0) is 43.2 Å². The smallest absolute Gasteiger partial charge is 0.206 e. The first kappa shape index (κ1) is 16.5. The average molecular weight is 341 g/mol. The summed E-state index contributed by atoms with van der Waals surface area (Å²) in [6.07, 6.45) is 1.04. The van der Waals surface area contributed by atoms with E-state index < -0.39 is 15.8 Å². The van der Waals surface area contributed by atoms with Crippen LogP contribution in [0.25, 0.3) is 0 Å². The molecule has 0 bridgehead atoms. The summed E-state index contributed by atoms with van der Waals surface area (Å²) in [6, 6.07) is 9.23. The van der Waals surface area contributed by atoms with Gasteiger partial charge in [-0.15, -0.1) is 0 Å². The van der Waals surface area contributed by atoms with Crippen molar-refractivity contribution in [3.05, 3.63) is 63.9 Å². The highest BCUT2D eigenvalue weighted by molar-refractivity contribution is 7.89. The quantitative estimate of drug-likeness (QED) is 0.685. The van der Waals surface area contributed by atoms with Crippen molar-refractivity contribution < 1.29 is 12.8 Å². The molecule has 22 heavy (non-hydrogen) atoms. The predicted molar refractivity (Wildman–Crippen MR) is 85.2 cm³/mol. The molecule has 1 N–H and O–H groups in total. The van der Waals surface area contributed by atoms with E-state index in [1.807, 2.05) is 6.07 Å². The zero-order valence-electron chi connectivity index (χ0n) is 12.0. The number of nitrogens with zero attached hydrogens (tertiary/aromatic N) is 1. The summed E-state index contributed by atoms with van der Waals surface area (Å²) in [5.74, 6) is -0.581. The summed E-state index contributed by atoms with van der Waals surface area (Å²) in [4.78, 5) is 2.19.